The molecule has 0 amide bonds. The Labute approximate surface area is 99.1 Å². The van der Waals surface area contributed by atoms with E-state index in [1.165, 1.54) is 23.9 Å². The minimum Gasteiger partial charge on any atom is -0.258 e. The summed E-state index contributed by atoms with van der Waals surface area (Å²) in [4.78, 5) is 11.6. The normalized spacial score (nSPS) is 10.3. The number of nitro groups is 1. The average Bonchev–Trinajstić information content (AvgIpc) is 2.69. The van der Waals surface area contributed by atoms with Gasteiger partial charge in [-0.25, -0.2) is 4.39 Å². The Hall–Kier alpha value is -1.40. The Balaban J connectivity index is 2.23. The molecule has 2 aromatic rings. The minimum absolute atomic E-state index is 0.120. The van der Waals surface area contributed by atoms with E-state index < -0.39 is 4.92 Å². The molecule has 0 fully saturated rings. The van der Waals surface area contributed by atoms with Crippen molar-refractivity contribution in [3.05, 3.63) is 51.6 Å². The van der Waals surface area contributed by atoms with E-state index in [1.54, 1.807) is 23.6 Å². The van der Waals surface area contributed by atoms with Crippen LogP contribution in [-0.2, 0) is 0 Å². The third kappa shape index (κ3) is 2.40. The Morgan fingerprint density at radius 3 is 2.56 bits per heavy atom. The fourth-order valence-corrected chi connectivity index (χ4v) is 2.91. The Morgan fingerprint density at radius 1 is 1.25 bits per heavy atom. The number of halogens is 1. The summed E-state index contributed by atoms with van der Waals surface area (Å²) >= 11 is 2.35. The van der Waals surface area contributed by atoms with Crippen molar-refractivity contribution in [2.24, 2.45) is 0 Å². The maximum atomic E-state index is 12.7. The molecule has 2 rings (SSSR count). The largest absolute Gasteiger partial charge is 0.337 e. The average molecular weight is 255 g/mol. The van der Waals surface area contributed by atoms with Crippen LogP contribution in [0.15, 0.2) is 45.5 Å². The molecule has 0 bridgehead atoms. The molecule has 1 aromatic heterocycles. The van der Waals surface area contributed by atoms with E-state index in [0.29, 0.717) is 4.90 Å². The number of rotatable bonds is 3. The van der Waals surface area contributed by atoms with Gasteiger partial charge in [0.05, 0.1) is 4.92 Å². The maximum Gasteiger partial charge on any atom is 0.337 e. The molecule has 3 nitrogen and oxygen atoms in total. The van der Waals surface area contributed by atoms with Crippen LogP contribution in [-0.4, -0.2) is 4.92 Å². The number of hydrogen-bond donors (Lipinski definition) is 0. The van der Waals surface area contributed by atoms with Crippen LogP contribution in [0, 0.1) is 15.9 Å². The molecule has 0 unspecified atom stereocenters. The van der Waals surface area contributed by atoms with Gasteiger partial charge in [0.25, 0.3) is 0 Å². The molecule has 0 saturated carbocycles. The number of nitrogens with zero attached hydrogens (tertiary/aromatic N) is 1. The number of hydrogen-bond acceptors (Lipinski definition) is 4. The van der Waals surface area contributed by atoms with E-state index in [-0.39, 0.29) is 10.8 Å². The van der Waals surface area contributed by atoms with Gasteiger partial charge in [0.1, 0.15) is 10.7 Å². The molecule has 0 N–H and O–H groups in total. The van der Waals surface area contributed by atoms with E-state index in [1.807, 2.05) is 0 Å². The summed E-state index contributed by atoms with van der Waals surface area (Å²) < 4.78 is 12.7. The third-order valence-electron chi connectivity index (χ3n) is 1.82. The standard InChI is InChI=1S/C10H6FNO2S2/c11-7-1-3-8(4-2-7)16-9-5-6-15-10(9)12(13)14/h1-6H. The van der Waals surface area contributed by atoms with Crippen molar-refractivity contribution in [2.75, 3.05) is 0 Å². The summed E-state index contributed by atoms with van der Waals surface area (Å²) in [5, 5.41) is 12.5. The zero-order valence-electron chi connectivity index (χ0n) is 7.92. The van der Waals surface area contributed by atoms with Crippen molar-refractivity contribution in [2.45, 2.75) is 9.79 Å². The molecule has 0 aliphatic rings. The van der Waals surface area contributed by atoms with Gasteiger partial charge in [-0.3, -0.25) is 10.1 Å². The van der Waals surface area contributed by atoms with Gasteiger partial charge in [0, 0.05) is 4.90 Å². The predicted molar refractivity (Wildman–Crippen MR) is 61.5 cm³/mol. The lowest BCUT2D eigenvalue weighted by molar-refractivity contribution is -0.382. The molecule has 16 heavy (non-hydrogen) atoms. The zero-order valence-corrected chi connectivity index (χ0v) is 9.56. The van der Waals surface area contributed by atoms with Crippen LogP contribution < -0.4 is 0 Å². The molecule has 1 aromatic carbocycles. The van der Waals surface area contributed by atoms with E-state index in [9.17, 15) is 14.5 Å². The number of benzene rings is 1. The summed E-state index contributed by atoms with van der Waals surface area (Å²) in [5.41, 5.74) is 0. The van der Waals surface area contributed by atoms with E-state index in [4.69, 9.17) is 0 Å². The second-order valence-corrected chi connectivity index (χ2v) is 4.91. The lowest BCUT2D eigenvalue weighted by atomic mass is 10.4. The van der Waals surface area contributed by atoms with Crippen molar-refractivity contribution in [1.29, 1.82) is 0 Å². The first-order chi connectivity index (χ1) is 7.66. The first-order valence-electron chi connectivity index (χ1n) is 4.32. The van der Waals surface area contributed by atoms with Crippen molar-refractivity contribution in [3.8, 4) is 0 Å². The molecule has 0 aliphatic heterocycles. The molecular formula is C10H6FNO2S2. The van der Waals surface area contributed by atoms with Crippen molar-refractivity contribution >= 4 is 28.1 Å². The quantitative estimate of drug-likeness (QED) is 0.616. The topological polar surface area (TPSA) is 43.1 Å². The highest BCUT2D eigenvalue weighted by Gasteiger charge is 2.16. The van der Waals surface area contributed by atoms with Gasteiger partial charge in [-0.15, -0.1) is 0 Å². The second kappa shape index (κ2) is 4.63. The maximum absolute atomic E-state index is 12.7. The van der Waals surface area contributed by atoms with Crippen LogP contribution in [0.25, 0.3) is 0 Å². The lowest BCUT2D eigenvalue weighted by Crippen LogP contribution is -1.85. The molecule has 82 valence electrons. The number of thiophene rings is 1. The van der Waals surface area contributed by atoms with Crippen LogP contribution in [0.2, 0.25) is 0 Å². The van der Waals surface area contributed by atoms with Crippen LogP contribution in [0.5, 0.6) is 0 Å². The molecule has 0 saturated heterocycles. The molecular weight excluding hydrogens is 249 g/mol. The van der Waals surface area contributed by atoms with Crippen LogP contribution in [0.4, 0.5) is 9.39 Å². The summed E-state index contributed by atoms with van der Waals surface area (Å²) in [5.74, 6) is -0.316. The fraction of sp³-hybridized carbons (Fsp3) is 0. The van der Waals surface area contributed by atoms with Gasteiger partial charge in [-0.2, -0.15) is 0 Å². The highest BCUT2D eigenvalue weighted by Crippen LogP contribution is 2.38. The second-order valence-electron chi connectivity index (χ2n) is 2.90. The zero-order chi connectivity index (χ0) is 11.5. The summed E-state index contributed by atoms with van der Waals surface area (Å²) in [6.45, 7) is 0. The highest BCUT2D eigenvalue weighted by molar-refractivity contribution is 7.99. The predicted octanol–water partition coefficient (Wildman–Crippen LogP) is 3.95. The third-order valence-corrected chi connectivity index (χ3v) is 3.87. The summed E-state index contributed by atoms with van der Waals surface area (Å²) in [6.07, 6.45) is 0. The van der Waals surface area contributed by atoms with Crippen molar-refractivity contribution < 1.29 is 9.31 Å². The fourth-order valence-electron chi connectivity index (χ4n) is 1.13. The van der Waals surface area contributed by atoms with E-state index in [0.717, 1.165) is 16.2 Å². The molecule has 0 aliphatic carbocycles. The molecule has 0 spiro atoms. The van der Waals surface area contributed by atoms with Crippen LogP contribution in [0.1, 0.15) is 0 Å². The van der Waals surface area contributed by atoms with E-state index >= 15 is 0 Å². The molecule has 0 radical (unpaired) electrons. The van der Waals surface area contributed by atoms with Gasteiger partial charge in [-0.05, 0) is 35.7 Å². The first kappa shape index (κ1) is 11.1. The van der Waals surface area contributed by atoms with Gasteiger partial charge < -0.3 is 0 Å². The first-order valence-corrected chi connectivity index (χ1v) is 6.02. The summed E-state index contributed by atoms with van der Waals surface area (Å²) in [7, 11) is 0. The monoisotopic (exact) mass is 255 g/mol. The highest BCUT2D eigenvalue weighted by atomic mass is 32.2. The van der Waals surface area contributed by atoms with Crippen molar-refractivity contribution in [1.82, 2.24) is 0 Å². The van der Waals surface area contributed by atoms with Gasteiger partial charge in [-0.1, -0.05) is 23.1 Å². The Morgan fingerprint density at radius 2 is 1.94 bits per heavy atom. The van der Waals surface area contributed by atoms with Gasteiger partial charge in [0.15, 0.2) is 0 Å². The van der Waals surface area contributed by atoms with Crippen molar-refractivity contribution in [3.63, 3.8) is 0 Å². The lowest BCUT2D eigenvalue weighted by Gasteiger charge is -1.98. The molecule has 6 heteroatoms. The van der Waals surface area contributed by atoms with E-state index in [2.05, 4.69) is 0 Å². The Bertz CT molecular complexity index is 510. The van der Waals surface area contributed by atoms with Crippen LogP contribution >= 0.6 is 23.1 Å². The van der Waals surface area contributed by atoms with Gasteiger partial charge in [0.2, 0.25) is 0 Å². The Kier molecular flexibility index (Phi) is 3.21. The smallest absolute Gasteiger partial charge is 0.258 e. The minimum atomic E-state index is -0.406. The SMILES string of the molecule is O=[N+]([O-])c1sccc1Sc1ccc(F)cc1. The van der Waals surface area contributed by atoms with Crippen LogP contribution in [0.3, 0.4) is 0 Å². The molecule has 0 atom stereocenters. The summed E-state index contributed by atoms with van der Waals surface area (Å²) in [6, 6.07) is 7.56. The van der Waals surface area contributed by atoms with Gasteiger partial charge >= 0.3 is 5.00 Å². The molecule has 1 heterocycles.